The number of hydrogen-bond acceptors (Lipinski definition) is 9. The van der Waals surface area contributed by atoms with Crippen LogP contribution in [0.5, 0.6) is 0 Å². The Labute approximate surface area is 166 Å². The number of phosphoric acid groups is 4. The third-order valence-electron chi connectivity index (χ3n) is 2.12. The molecule has 0 aromatic carbocycles. The Morgan fingerprint density at radius 3 is 1.62 bits per heavy atom. The van der Waals surface area contributed by atoms with Crippen molar-refractivity contribution in [2.75, 3.05) is 19.8 Å². The summed E-state index contributed by atoms with van der Waals surface area (Å²) >= 11 is 0. The van der Waals surface area contributed by atoms with E-state index in [2.05, 4.69) is 24.2 Å². The molecule has 0 radical (unpaired) electrons. The van der Waals surface area contributed by atoms with Crippen LogP contribution in [-0.2, 0) is 35.9 Å². The van der Waals surface area contributed by atoms with Crippen LogP contribution in [-0.4, -0.2) is 54.3 Å². The summed E-state index contributed by atoms with van der Waals surface area (Å²) < 4.78 is 57.5. The van der Waals surface area contributed by atoms with Gasteiger partial charge < -0.3 is 34.5 Å². The van der Waals surface area contributed by atoms with E-state index < -0.39 is 37.9 Å². The highest BCUT2D eigenvalue weighted by Gasteiger charge is 2.32. The highest BCUT2D eigenvalue weighted by molar-refractivity contribution is 7.61. The molecule has 0 aliphatic rings. The van der Waals surface area contributed by atoms with Gasteiger partial charge in [-0.1, -0.05) is 11.6 Å². The summed E-state index contributed by atoms with van der Waals surface area (Å²) in [5, 5.41) is 8.54. The summed E-state index contributed by atoms with van der Waals surface area (Å²) in [5.41, 5.74) is 1.19. The Hall–Kier alpha value is -0.0400. The molecule has 0 aromatic heterocycles. The number of rotatable bonds is 12. The molecular weight excluding hydrogens is 484 g/mol. The van der Waals surface area contributed by atoms with Crippen molar-refractivity contribution >= 4 is 31.3 Å². The maximum Gasteiger partial charge on any atom is 0.481 e. The molecule has 29 heavy (non-hydrogen) atoms. The minimum atomic E-state index is -5.07. The number of hydrogen-bond donors (Lipinski definition) is 7. The largest absolute Gasteiger partial charge is 0.481 e. The number of phosphoric ester groups is 2. The maximum absolute atomic E-state index is 10.8. The average molecular weight is 508 g/mol. The molecule has 0 bridgehead atoms. The zero-order chi connectivity index (χ0) is 23.5. The van der Waals surface area contributed by atoms with Crippen molar-refractivity contribution in [3.05, 3.63) is 23.8 Å². The summed E-state index contributed by atoms with van der Waals surface area (Å²) in [5.74, 6) is 0. The molecule has 0 saturated carbocycles. The molecule has 0 aliphatic heterocycles. The maximum atomic E-state index is 10.8. The van der Waals surface area contributed by atoms with Crippen molar-refractivity contribution in [2.45, 2.75) is 20.3 Å². The lowest BCUT2D eigenvalue weighted by Crippen LogP contribution is -1.96. The highest BCUT2D eigenvalue weighted by atomic mass is 31.3. The predicted molar refractivity (Wildman–Crippen MR) is 98.1 cm³/mol. The predicted octanol–water partition coefficient (Wildman–Crippen LogP) is 1.33. The summed E-state index contributed by atoms with van der Waals surface area (Å²) in [6, 6.07) is 0. The molecule has 15 nitrogen and oxygen atoms in total. The molecule has 2 atom stereocenters. The van der Waals surface area contributed by atoms with Crippen LogP contribution in [0.1, 0.15) is 20.3 Å². The SMILES string of the molecule is C/C(=C\COP(=O)(O)OP(=O)(O)O)CO.C=C(C)CCOP(=O)(O)OP(=O)(O)O. The van der Waals surface area contributed by atoms with E-state index in [0.717, 1.165) is 0 Å². The van der Waals surface area contributed by atoms with E-state index in [1.807, 2.05) is 0 Å². The van der Waals surface area contributed by atoms with Crippen LogP contribution in [0.15, 0.2) is 23.8 Å². The normalized spacial score (nSPS) is 16.9. The Morgan fingerprint density at radius 2 is 1.28 bits per heavy atom. The minimum Gasteiger partial charge on any atom is -0.392 e. The van der Waals surface area contributed by atoms with Crippen LogP contribution in [0.25, 0.3) is 0 Å². The molecule has 0 saturated heterocycles. The molecule has 0 spiro atoms. The molecule has 0 amide bonds. The average Bonchev–Trinajstić information content (AvgIpc) is 2.41. The Bertz CT molecular complexity index is 733. The van der Waals surface area contributed by atoms with Gasteiger partial charge in [0.15, 0.2) is 0 Å². The van der Waals surface area contributed by atoms with Crippen LogP contribution in [0.3, 0.4) is 0 Å². The lowest BCUT2D eigenvalue weighted by atomic mass is 10.3. The molecule has 174 valence electrons. The quantitative estimate of drug-likeness (QED) is 0.145. The van der Waals surface area contributed by atoms with Crippen molar-refractivity contribution in [1.82, 2.24) is 0 Å². The van der Waals surface area contributed by atoms with Gasteiger partial charge in [-0.05, 0) is 25.8 Å². The minimum absolute atomic E-state index is 0.191. The molecule has 0 aromatic rings. The van der Waals surface area contributed by atoms with Gasteiger partial charge in [0.1, 0.15) is 0 Å². The second-order valence-electron chi connectivity index (χ2n) is 5.13. The van der Waals surface area contributed by atoms with Crippen LogP contribution in [0.2, 0.25) is 0 Å². The summed E-state index contributed by atoms with van der Waals surface area (Å²) in [6.45, 7) is 5.87. The van der Waals surface area contributed by atoms with E-state index in [1.54, 1.807) is 6.92 Å². The van der Waals surface area contributed by atoms with Crippen molar-refractivity contribution in [2.24, 2.45) is 0 Å². The first-order valence-corrected chi connectivity index (χ1v) is 13.2. The molecule has 7 N–H and O–H groups in total. The standard InChI is InChI=1S/C5H12O8P2.C5H12O7P2/c1-5(4-6)2-3-12-15(10,11)13-14(7,8)9;1-5(2)3-4-11-14(9,10)12-13(6,7)8/h2,6H,3-4H2,1H3,(H,10,11)(H2,7,8,9);1,3-4H2,2H3,(H,9,10)(H2,6,7,8)/b5-2+;. The molecular formula is C10H24O15P4. The zero-order valence-electron chi connectivity index (χ0n) is 15.3. The summed E-state index contributed by atoms with van der Waals surface area (Å²) in [6.07, 6.45) is 1.57. The zero-order valence-corrected chi connectivity index (χ0v) is 18.9. The van der Waals surface area contributed by atoms with E-state index in [9.17, 15) is 18.3 Å². The number of aliphatic hydroxyl groups is 1. The Kier molecular flexibility index (Phi) is 14.4. The number of aliphatic hydroxyl groups excluding tert-OH is 1. The third kappa shape index (κ3) is 24.1. The monoisotopic (exact) mass is 508 g/mol. The molecule has 0 heterocycles. The van der Waals surface area contributed by atoms with E-state index in [0.29, 0.717) is 17.6 Å². The van der Waals surface area contributed by atoms with Gasteiger partial charge in [0.25, 0.3) is 0 Å². The second-order valence-corrected chi connectivity index (χ2v) is 10.8. The van der Waals surface area contributed by atoms with Crippen molar-refractivity contribution in [1.29, 1.82) is 0 Å². The lowest BCUT2D eigenvalue weighted by Gasteiger charge is -2.11. The van der Waals surface area contributed by atoms with Gasteiger partial charge in [-0.3, -0.25) is 9.05 Å². The van der Waals surface area contributed by atoms with Crippen LogP contribution in [0, 0.1) is 0 Å². The van der Waals surface area contributed by atoms with Gasteiger partial charge in [-0.25, -0.2) is 18.3 Å². The van der Waals surface area contributed by atoms with Gasteiger partial charge in [0.2, 0.25) is 0 Å². The van der Waals surface area contributed by atoms with Crippen LogP contribution in [0.4, 0.5) is 0 Å². The fourth-order valence-corrected chi connectivity index (χ4v) is 4.10. The first kappa shape index (κ1) is 31.1. The first-order chi connectivity index (χ1) is 12.8. The molecule has 0 rings (SSSR count). The smallest absolute Gasteiger partial charge is 0.392 e. The van der Waals surface area contributed by atoms with Gasteiger partial charge >= 0.3 is 31.3 Å². The van der Waals surface area contributed by atoms with Crippen LogP contribution < -0.4 is 0 Å². The van der Waals surface area contributed by atoms with E-state index in [4.69, 9.17) is 34.5 Å². The fraction of sp³-hybridized carbons (Fsp3) is 0.600. The van der Waals surface area contributed by atoms with E-state index in [1.165, 1.54) is 13.0 Å². The van der Waals surface area contributed by atoms with Crippen molar-refractivity contribution < 1.29 is 70.4 Å². The van der Waals surface area contributed by atoms with Gasteiger partial charge in [0, 0.05) is 0 Å². The summed E-state index contributed by atoms with van der Waals surface area (Å²) in [7, 11) is -19.5. The van der Waals surface area contributed by atoms with Crippen molar-refractivity contribution in [3.8, 4) is 0 Å². The van der Waals surface area contributed by atoms with E-state index in [-0.39, 0.29) is 13.2 Å². The topological polar surface area (TPSA) is 247 Å². The Balaban J connectivity index is 0. The molecule has 0 fully saturated rings. The third-order valence-corrected chi connectivity index (χ3v) is 6.46. The first-order valence-electron chi connectivity index (χ1n) is 7.18. The Morgan fingerprint density at radius 1 is 0.862 bits per heavy atom. The van der Waals surface area contributed by atoms with Crippen LogP contribution >= 0.6 is 31.3 Å². The van der Waals surface area contributed by atoms with Crippen molar-refractivity contribution in [3.63, 3.8) is 0 Å². The van der Waals surface area contributed by atoms with Gasteiger partial charge in [0.05, 0.1) is 19.8 Å². The van der Waals surface area contributed by atoms with Gasteiger partial charge in [-0.15, -0.1) is 6.58 Å². The van der Waals surface area contributed by atoms with Gasteiger partial charge in [-0.2, -0.15) is 8.62 Å². The molecule has 0 aliphatic carbocycles. The molecule has 19 heteroatoms. The highest BCUT2D eigenvalue weighted by Crippen LogP contribution is 2.58. The summed E-state index contributed by atoms with van der Waals surface area (Å²) in [4.78, 5) is 50.4. The second kappa shape index (κ2) is 13.4. The fourth-order valence-electron chi connectivity index (χ4n) is 0.989. The van der Waals surface area contributed by atoms with E-state index >= 15 is 0 Å². The molecule has 2 unspecified atom stereocenters. The lowest BCUT2D eigenvalue weighted by molar-refractivity contribution is 0.179.